The smallest absolute Gasteiger partial charge is 0.306 e. The van der Waals surface area contributed by atoms with E-state index in [0.717, 1.165) is 25.7 Å². The highest BCUT2D eigenvalue weighted by molar-refractivity contribution is 6.74. The third kappa shape index (κ3) is 9.05. The van der Waals surface area contributed by atoms with E-state index in [9.17, 15) is 4.79 Å². The Morgan fingerprint density at radius 2 is 1.64 bits per heavy atom. The SMILES string of the molecule is C=CCC(CCCC)(CCC(=O)OC(C)(C)C)O[Si](C)(C)C(C)(C)C. The molecule has 0 saturated carbocycles. The first kappa shape index (κ1) is 24.4. The summed E-state index contributed by atoms with van der Waals surface area (Å²) in [5.74, 6) is -0.142. The molecule has 0 aliphatic carbocycles. The van der Waals surface area contributed by atoms with Crippen LogP contribution in [0, 0.1) is 0 Å². The summed E-state index contributed by atoms with van der Waals surface area (Å²) in [5, 5.41) is 0.136. The Labute approximate surface area is 157 Å². The standard InChI is InChI=1S/C21H42O3Si/c1-11-13-16-21(15-12-2,24-25(9,10)20(6,7)8)17-14-18(22)23-19(3,4)5/h12H,2,11,13-17H2,1,3-10H3. The highest BCUT2D eigenvalue weighted by Crippen LogP contribution is 2.43. The predicted molar refractivity (Wildman–Crippen MR) is 110 cm³/mol. The molecule has 1 unspecified atom stereocenters. The molecule has 25 heavy (non-hydrogen) atoms. The van der Waals surface area contributed by atoms with Gasteiger partial charge in [-0.1, -0.05) is 46.6 Å². The number of hydrogen-bond donors (Lipinski definition) is 0. The van der Waals surface area contributed by atoms with Gasteiger partial charge in [-0.2, -0.15) is 0 Å². The molecule has 3 nitrogen and oxygen atoms in total. The summed E-state index contributed by atoms with van der Waals surface area (Å²) in [6.45, 7) is 23.2. The van der Waals surface area contributed by atoms with Crippen molar-refractivity contribution in [3.8, 4) is 0 Å². The fraction of sp³-hybridized carbons (Fsp3) is 0.857. The molecule has 148 valence electrons. The summed E-state index contributed by atoms with van der Waals surface area (Å²) in [6, 6.07) is 0. The maximum Gasteiger partial charge on any atom is 0.306 e. The number of esters is 1. The Balaban J connectivity index is 5.36. The van der Waals surface area contributed by atoms with Crippen molar-refractivity contribution in [1.29, 1.82) is 0 Å². The maximum absolute atomic E-state index is 12.3. The lowest BCUT2D eigenvalue weighted by Gasteiger charge is -2.46. The van der Waals surface area contributed by atoms with Crippen LogP contribution in [-0.4, -0.2) is 25.5 Å². The molecule has 1 atom stereocenters. The third-order valence-corrected chi connectivity index (χ3v) is 9.54. The lowest BCUT2D eigenvalue weighted by molar-refractivity contribution is -0.156. The van der Waals surface area contributed by atoms with Crippen molar-refractivity contribution in [1.82, 2.24) is 0 Å². The summed E-state index contributed by atoms with van der Waals surface area (Å²) in [4.78, 5) is 12.3. The van der Waals surface area contributed by atoms with Crippen molar-refractivity contribution in [3.05, 3.63) is 12.7 Å². The Hall–Kier alpha value is -0.613. The predicted octanol–water partition coefficient (Wildman–Crippen LogP) is 6.64. The zero-order valence-corrected chi connectivity index (χ0v) is 19.3. The van der Waals surface area contributed by atoms with Gasteiger partial charge in [0, 0.05) is 6.42 Å². The Kier molecular flexibility index (Phi) is 9.13. The van der Waals surface area contributed by atoms with Crippen molar-refractivity contribution in [2.75, 3.05) is 0 Å². The average Bonchev–Trinajstić information content (AvgIpc) is 2.40. The van der Waals surface area contributed by atoms with Gasteiger partial charge >= 0.3 is 5.97 Å². The Morgan fingerprint density at radius 3 is 2.04 bits per heavy atom. The van der Waals surface area contributed by atoms with Crippen molar-refractivity contribution in [2.24, 2.45) is 0 Å². The summed E-state index contributed by atoms with van der Waals surface area (Å²) in [6.07, 6.45) is 6.98. The fourth-order valence-corrected chi connectivity index (χ4v) is 4.33. The molecule has 0 aliphatic heterocycles. The number of hydrogen-bond acceptors (Lipinski definition) is 3. The van der Waals surface area contributed by atoms with Crippen LogP contribution in [0.4, 0.5) is 0 Å². The second-order valence-electron chi connectivity index (χ2n) is 9.73. The second kappa shape index (κ2) is 9.36. The molecule has 0 N–H and O–H groups in total. The van der Waals surface area contributed by atoms with Gasteiger partial charge in [0.1, 0.15) is 5.60 Å². The highest BCUT2D eigenvalue weighted by atomic mass is 28.4. The van der Waals surface area contributed by atoms with Crippen molar-refractivity contribution < 1.29 is 14.0 Å². The zero-order valence-electron chi connectivity index (χ0n) is 18.3. The van der Waals surface area contributed by atoms with Gasteiger partial charge in [-0.25, -0.2) is 0 Å². The Bertz CT molecular complexity index is 429. The van der Waals surface area contributed by atoms with Crippen LogP contribution in [0.5, 0.6) is 0 Å². The van der Waals surface area contributed by atoms with Crippen LogP contribution in [0.2, 0.25) is 18.1 Å². The number of carbonyl (C=O) groups is 1. The number of unbranched alkanes of at least 4 members (excludes halogenated alkanes) is 1. The van der Waals surface area contributed by atoms with Crippen LogP contribution in [-0.2, 0) is 14.0 Å². The van der Waals surface area contributed by atoms with Crippen molar-refractivity contribution in [3.63, 3.8) is 0 Å². The first-order valence-electron chi connectivity index (χ1n) is 9.71. The molecule has 0 aromatic carbocycles. The first-order chi connectivity index (χ1) is 11.2. The van der Waals surface area contributed by atoms with E-state index in [-0.39, 0.29) is 16.6 Å². The molecule has 0 aliphatic rings. The van der Waals surface area contributed by atoms with Crippen LogP contribution >= 0.6 is 0 Å². The molecule has 0 fully saturated rings. The Morgan fingerprint density at radius 1 is 1.08 bits per heavy atom. The van der Waals surface area contributed by atoms with Crippen LogP contribution in [0.15, 0.2) is 12.7 Å². The van der Waals surface area contributed by atoms with Gasteiger partial charge in [0.15, 0.2) is 8.32 Å². The van der Waals surface area contributed by atoms with E-state index in [1.807, 2.05) is 26.8 Å². The summed E-state index contributed by atoms with van der Waals surface area (Å²) in [7, 11) is -1.95. The van der Waals surface area contributed by atoms with Crippen molar-refractivity contribution >= 4 is 14.3 Å². The quantitative estimate of drug-likeness (QED) is 0.246. The van der Waals surface area contributed by atoms with Crippen LogP contribution < -0.4 is 0 Å². The fourth-order valence-electron chi connectivity index (χ4n) is 2.65. The monoisotopic (exact) mass is 370 g/mol. The largest absolute Gasteiger partial charge is 0.460 e. The first-order valence-corrected chi connectivity index (χ1v) is 12.6. The van der Waals surface area contributed by atoms with E-state index < -0.39 is 13.9 Å². The molecule has 0 heterocycles. The van der Waals surface area contributed by atoms with E-state index in [1.54, 1.807) is 0 Å². The van der Waals surface area contributed by atoms with Gasteiger partial charge in [-0.15, -0.1) is 6.58 Å². The molecule has 0 amide bonds. The topological polar surface area (TPSA) is 35.5 Å². The van der Waals surface area contributed by atoms with Gasteiger partial charge in [-0.3, -0.25) is 4.79 Å². The molecular formula is C21H42O3Si. The van der Waals surface area contributed by atoms with E-state index in [1.165, 1.54) is 0 Å². The minimum atomic E-state index is -1.95. The molecule has 0 rings (SSSR count). The molecule has 0 aromatic rings. The van der Waals surface area contributed by atoms with Crippen LogP contribution in [0.3, 0.4) is 0 Å². The number of rotatable bonds is 10. The summed E-state index contributed by atoms with van der Waals surface area (Å²) in [5.41, 5.74) is -0.750. The minimum absolute atomic E-state index is 0.136. The third-order valence-electron chi connectivity index (χ3n) is 4.98. The lowest BCUT2D eigenvalue weighted by atomic mass is 9.88. The summed E-state index contributed by atoms with van der Waals surface area (Å²) < 4.78 is 12.4. The minimum Gasteiger partial charge on any atom is -0.460 e. The molecule has 0 saturated heterocycles. The van der Waals surface area contributed by atoms with E-state index in [2.05, 4.69) is 47.4 Å². The lowest BCUT2D eigenvalue weighted by Crippen LogP contribution is -2.50. The van der Waals surface area contributed by atoms with Gasteiger partial charge in [0.25, 0.3) is 0 Å². The molecule has 0 spiro atoms. The van der Waals surface area contributed by atoms with Crippen LogP contribution in [0.1, 0.15) is 87.0 Å². The number of carbonyl (C=O) groups excluding carboxylic acids is 1. The molecule has 4 heteroatoms. The van der Waals surface area contributed by atoms with Crippen molar-refractivity contribution in [2.45, 2.75) is 116 Å². The highest BCUT2D eigenvalue weighted by Gasteiger charge is 2.44. The van der Waals surface area contributed by atoms with Gasteiger partial charge < -0.3 is 9.16 Å². The summed E-state index contributed by atoms with van der Waals surface area (Å²) >= 11 is 0. The normalized spacial score (nSPS) is 15.6. The number of ether oxygens (including phenoxy) is 1. The molecule has 0 radical (unpaired) electrons. The molecule has 0 aromatic heterocycles. The van der Waals surface area contributed by atoms with Gasteiger partial charge in [0.2, 0.25) is 0 Å². The zero-order chi connectivity index (χ0) is 19.9. The van der Waals surface area contributed by atoms with E-state index in [0.29, 0.717) is 12.8 Å². The van der Waals surface area contributed by atoms with Gasteiger partial charge in [-0.05, 0) is 58.2 Å². The van der Waals surface area contributed by atoms with E-state index in [4.69, 9.17) is 9.16 Å². The molecular weight excluding hydrogens is 328 g/mol. The maximum atomic E-state index is 12.3. The second-order valence-corrected chi connectivity index (χ2v) is 14.5. The van der Waals surface area contributed by atoms with Crippen LogP contribution in [0.25, 0.3) is 0 Å². The molecule has 0 bridgehead atoms. The van der Waals surface area contributed by atoms with E-state index >= 15 is 0 Å². The van der Waals surface area contributed by atoms with Gasteiger partial charge in [0.05, 0.1) is 5.60 Å². The average molecular weight is 371 g/mol.